The van der Waals surface area contributed by atoms with Gasteiger partial charge in [-0.3, -0.25) is 9.59 Å². The lowest BCUT2D eigenvalue weighted by atomic mass is 10.6. The van der Waals surface area contributed by atoms with Gasteiger partial charge in [0.15, 0.2) is 0 Å². The lowest BCUT2D eigenvalue weighted by molar-refractivity contribution is -0.123. The molecule has 66 valence electrons. The molecular formula is C6H7NO4S. The molecule has 0 radical (unpaired) electrons. The molecule has 1 aliphatic heterocycles. The molecule has 1 aliphatic rings. The van der Waals surface area contributed by atoms with E-state index in [1.165, 1.54) is 0 Å². The van der Waals surface area contributed by atoms with Crippen molar-refractivity contribution in [2.75, 3.05) is 12.4 Å². The largest absolute Gasteiger partial charge is 0.449 e. The predicted octanol–water partition coefficient (Wildman–Crippen LogP) is 0.838. The van der Waals surface area contributed by atoms with Crippen molar-refractivity contribution in [1.82, 2.24) is 4.90 Å². The third-order valence-corrected chi connectivity index (χ3v) is 2.02. The first kappa shape index (κ1) is 9.05. The van der Waals surface area contributed by atoms with Crippen LogP contribution in [0.3, 0.4) is 0 Å². The van der Waals surface area contributed by atoms with Crippen molar-refractivity contribution in [3.63, 3.8) is 0 Å². The fourth-order valence-electron chi connectivity index (χ4n) is 0.719. The molecule has 0 aromatic carbocycles. The minimum Gasteiger partial charge on any atom is -0.449 e. The van der Waals surface area contributed by atoms with Gasteiger partial charge >= 0.3 is 6.09 Å². The molecule has 1 heterocycles. The van der Waals surface area contributed by atoms with Crippen LogP contribution in [-0.4, -0.2) is 34.5 Å². The van der Waals surface area contributed by atoms with Crippen molar-refractivity contribution in [3.05, 3.63) is 0 Å². The molecule has 12 heavy (non-hydrogen) atoms. The Morgan fingerprint density at radius 3 is 2.75 bits per heavy atom. The number of hydrogen-bond donors (Lipinski definition) is 0. The van der Waals surface area contributed by atoms with E-state index in [4.69, 9.17) is 0 Å². The molecule has 3 amide bonds. The Morgan fingerprint density at radius 1 is 1.67 bits per heavy atom. The number of ether oxygens (including phenoxy) is 1. The molecule has 0 saturated carbocycles. The quantitative estimate of drug-likeness (QED) is 0.611. The molecule has 0 aromatic heterocycles. The predicted molar refractivity (Wildman–Crippen MR) is 41.7 cm³/mol. The second kappa shape index (κ2) is 3.57. The van der Waals surface area contributed by atoms with Crippen LogP contribution in [0.4, 0.5) is 9.59 Å². The van der Waals surface area contributed by atoms with E-state index >= 15 is 0 Å². The Bertz CT molecular complexity index is 224. The highest BCUT2D eigenvalue weighted by atomic mass is 32.2. The Balaban J connectivity index is 2.66. The summed E-state index contributed by atoms with van der Waals surface area (Å²) in [7, 11) is 0. The van der Waals surface area contributed by atoms with Crippen molar-refractivity contribution >= 4 is 29.0 Å². The van der Waals surface area contributed by atoms with Gasteiger partial charge in [0, 0.05) is 0 Å². The van der Waals surface area contributed by atoms with Crippen LogP contribution in [0.25, 0.3) is 0 Å². The second-order valence-electron chi connectivity index (χ2n) is 1.98. The highest BCUT2D eigenvalue weighted by molar-refractivity contribution is 8.14. The van der Waals surface area contributed by atoms with Crippen molar-refractivity contribution in [2.24, 2.45) is 0 Å². The maximum absolute atomic E-state index is 10.9. The summed E-state index contributed by atoms with van der Waals surface area (Å²) < 4.78 is 4.50. The maximum atomic E-state index is 10.9. The minimum atomic E-state index is -0.877. The molecule has 5 nitrogen and oxygen atoms in total. The lowest BCUT2D eigenvalue weighted by Crippen LogP contribution is -2.35. The van der Waals surface area contributed by atoms with Gasteiger partial charge in [0.05, 0.1) is 12.4 Å². The Kier molecular flexibility index (Phi) is 2.69. The van der Waals surface area contributed by atoms with E-state index in [2.05, 4.69) is 4.74 Å². The normalized spacial score (nSPS) is 16.9. The van der Waals surface area contributed by atoms with Crippen molar-refractivity contribution in [1.29, 1.82) is 0 Å². The third kappa shape index (κ3) is 1.58. The molecule has 1 saturated heterocycles. The first-order valence-electron chi connectivity index (χ1n) is 3.33. The minimum absolute atomic E-state index is 0.0254. The van der Waals surface area contributed by atoms with Crippen LogP contribution >= 0.6 is 11.8 Å². The van der Waals surface area contributed by atoms with E-state index in [1.807, 2.05) is 0 Å². The second-order valence-corrected chi connectivity index (χ2v) is 2.91. The van der Waals surface area contributed by atoms with Gasteiger partial charge in [-0.1, -0.05) is 11.8 Å². The molecule has 0 aromatic rings. The lowest BCUT2D eigenvalue weighted by Gasteiger charge is -2.08. The maximum Gasteiger partial charge on any atom is 0.424 e. The Labute approximate surface area is 73.0 Å². The summed E-state index contributed by atoms with van der Waals surface area (Å²) in [5, 5.41) is -0.557. The molecule has 0 unspecified atom stereocenters. The summed E-state index contributed by atoms with van der Waals surface area (Å²) in [5.74, 6) is -0.485. The summed E-state index contributed by atoms with van der Waals surface area (Å²) in [4.78, 5) is 33.2. The van der Waals surface area contributed by atoms with Crippen LogP contribution in [0, 0.1) is 0 Å². The van der Waals surface area contributed by atoms with Gasteiger partial charge in [-0.05, 0) is 6.92 Å². The highest BCUT2D eigenvalue weighted by Gasteiger charge is 2.36. The Hall–Kier alpha value is -1.04. The van der Waals surface area contributed by atoms with Crippen LogP contribution in [0.2, 0.25) is 0 Å². The first-order chi connectivity index (χ1) is 5.66. The molecule has 0 bridgehead atoms. The van der Waals surface area contributed by atoms with Gasteiger partial charge in [0.1, 0.15) is 0 Å². The van der Waals surface area contributed by atoms with E-state index < -0.39 is 17.2 Å². The standard InChI is InChI=1S/C6H7NO4S/c1-2-11-5(9)7-4(8)3-12-6(7)10/h2-3H2,1H3. The Morgan fingerprint density at radius 2 is 2.33 bits per heavy atom. The van der Waals surface area contributed by atoms with Crippen LogP contribution < -0.4 is 0 Å². The molecular weight excluding hydrogens is 182 g/mol. The number of imide groups is 3. The zero-order valence-electron chi connectivity index (χ0n) is 6.40. The molecule has 1 rings (SSSR count). The molecule has 0 spiro atoms. The number of nitrogens with zero attached hydrogens (tertiary/aromatic N) is 1. The van der Waals surface area contributed by atoms with Gasteiger partial charge in [0.2, 0.25) is 5.91 Å². The highest BCUT2D eigenvalue weighted by Crippen LogP contribution is 2.19. The monoisotopic (exact) mass is 189 g/mol. The van der Waals surface area contributed by atoms with Crippen molar-refractivity contribution in [2.45, 2.75) is 6.92 Å². The van der Waals surface area contributed by atoms with Crippen molar-refractivity contribution in [3.8, 4) is 0 Å². The average molecular weight is 189 g/mol. The summed E-state index contributed by atoms with van der Waals surface area (Å²) in [6.07, 6.45) is -0.877. The number of amides is 3. The zero-order valence-corrected chi connectivity index (χ0v) is 7.22. The zero-order chi connectivity index (χ0) is 9.14. The third-order valence-electron chi connectivity index (χ3n) is 1.20. The van der Waals surface area contributed by atoms with Gasteiger partial charge in [-0.25, -0.2) is 4.79 Å². The van der Waals surface area contributed by atoms with E-state index in [1.54, 1.807) is 6.92 Å². The van der Waals surface area contributed by atoms with Gasteiger partial charge < -0.3 is 4.74 Å². The van der Waals surface area contributed by atoms with Gasteiger partial charge in [-0.2, -0.15) is 4.90 Å². The molecule has 0 N–H and O–H groups in total. The number of hydrogen-bond acceptors (Lipinski definition) is 5. The number of carbonyl (C=O) groups excluding carboxylic acids is 3. The summed E-state index contributed by atoms with van der Waals surface area (Å²) >= 11 is 0.804. The first-order valence-corrected chi connectivity index (χ1v) is 4.32. The molecule has 6 heteroatoms. The SMILES string of the molecule is CCOC(=O)N1C(=O)CSC1=O. The van der Waals surface area contributed by atoms with E-state index in [-0.39, 0.29) is 12.4 Å². The van der Waals surface area contributed by atoms with Gasteiger partial charge in [0.25, 0.3) is 5.24 Å². The van der Waals surface area contributed by atoms with Crippen LogP contribution in [0.15, 0.2) is 0 Å². The smallest absolute Gasteiger partial charge is 0.424 e. The van der Waals surface area contributed by atoms with E-state index in [9.17, 15) is 14.4 Å². The van der Waals surface area contributed by atoms with Crippen LogP contribution in [0.1, 0.15) is 6.92 Å². The molecule has 0 atom stereocenters. The summed E-state index contributed by atoms with van der Waals surface area (Å²) in [6.45, 7) is 1.76. The van der Waals surface area contributed by atoms with Crippen molar-refractivity contribution < 1.29 is 19.1 Å². The molecule has 0 aliphatic carbocycles. The fraction of sp³-hybridized carbons (Fsp3) is 0.500. The molecule has 1 fully saturated rings. The topological polar surface area (TPSA) is 63.7 Å². The average Bonchev–Trinajstić information content (AvgIpc) is 2.32. The summed E-state index contributed by atoms with van der Waals surface area (Å²) in [6, 6.07) is 0. The van der Waals surface area contributed by atoms with Gasteiger partial charge in [-0.15, -0.1) is 0 Å². The van der Waals surface area contributed by atoms with E-state index in [0.29, 0.717) is 4.90 Å². The van der Waals surface area contributed by atoms with E-state index in [0.717, 1.165) is 11.8 Å². The number of thioether (sulfide) groups is 1. The van der Waals surface area contributed by atoms with Crippen LogP contribution in [0.5, 0.6) is 0 Å². The summed E-state index contributed by atoms with van der Waals surface area (Å²) in [5.41, 5.74) is 0. The van der Waals surface area contributed by atoms with Crippen LogP contribution in [-0.2, 0) is 9.53 Å². The number of rotatable bonds is 1. The fourth-order valence-corrected chi connectivity index (χ4v) is 1.40. The number of carbonyl (C=O) groups is 3.